The third-order valence-electron chi connectivity index (χ3n) is 4.28. The van der Waals surface area contributed by atoms with E-state index in [9.17, 15) is 17.6 Å². The summed E-state index contributed by atoms with van der Waals surface area (Å²) in [6, 6.07) is 11.1. The smallest absolute Gasteiger partial charge is 0.391 e. The molecule has 0 saturated carbocycles. The second-order valence-corrected chi connectivity index (χ2v) is 6.12. The number of piperidine rings is 1. The number of hydrogen-bond donors (Lipinski definition) is 1. The van der Waals surface area contributed by atoms with Gasteiger partial charge in [0, 0.05) is 12.5 Å². The number of nitrogens with one attached hydrogen (secondary N) is 1. The van der Waals surface area contributed by atoms with E-state index >= 15 is 0 Å². The highest BCUT2D eigenvalue weighted by molar-refractivity contribution is 5.93. The molecule has 1 heterocycles. The highest BCUT2D eigenvalue weighted by Crippen LogP contribution is 2.29. The van der Waals surface area contributed by atoms with E-state index in [1.165, 1.54) is 24.3 Å². The van der Waals surface area contributed by atoms with Crippen molar-refractivity contribution in [2.75, 3.05) is 13.1 Å². The van der Waals surface area contributed by atoms with Crippen molar-refractivity contribution in [3.63, 3.8) is 0 Å². The van der Waals surface area contributed by atoms with Crippen LogP contribution in [0.4, 0.5) is 17.6 Å². The zero-order chi connectivity index (χ0) is 18.6. The van der Waals surface area contributed by atoms with Gasteiger partial charge in [0.05, 0.1) is 11.3 Å². The Balaban J connectivity index is 1.65. The fraction of sp³-hybridized carbons (Fsp3) is 0.316. The number of benzene rings is 2. The van der Waals surface area contributed by atoms with Crippen LogP contribution < -0.4 is 5.32 Å². The summed E-state index contributed by atoms with van der Waals surface area (Å²) < 4.78 is 50.8. The number of oxime groups is 1. The molecule has 3 rings (SSSR count). The molecule has 0 radical (unpaired) electrons. The Bertz CT molecular complexity index is 755. The van der Waals surface area contributed by atoms with Crippen LogP contribution in [0.1, 0.15) is 29.0 Å². The minimum atomic E-state index is -4.35. The minimum Gasteiger partial charge on any atom is -0.391 e. The van der Waals surface area contributed by atoms with Crippen LogP contribution >= 0.6 is 0 Å². The third kappa shape index (κ3) is 4.60. The molecule has 0 spiro atoms. The molecule has 138 valence electrons. The Labute approximate surface area is 148 Å². The van der Waals surface area contributed by atoms with Crippen LogP contribution in [-0.4, -0.2) is 18.8 Å². The molecule has 1 aliphatic rings. The molecule has 2 aromatic rings. The molecule has 7 heteroatoms. The maximum absolute atomic E-state index is 13.1. The Hall–Kier alpha value is -2.41. The average molecular weight is 366 g/mol. The number of nitrogens with zero attached hydrogens (tertiary/aromatic N) is 1. The van der Waals surface area contributed by atoms with E-state index in [1.807, 2.05) is 0 Å². The van der Waals surface area contributed by atoms with Gasteiger partial charge in [0.25, 0.3) is 0 Å². The summed E-state index contributed by atoms with van der Waals surface area (Å²) >= 11 is 0. The van der Waals surface area contributed by atoms with Crippen molar-refractivity contribution in [3.05, 3.63) is 71.0 Å². The maximum Gasteiger partial charge on any atom is 0.416 e. The predicted molar refractivity (Wildman–Crippen MR) is 90.3 cm³/mol. The van der Waals surface area contributed by atoms with Gasteiger partial charge >= 0.3 is 6.18 Å². The monoisotopic (exact) mass is 366 g/mol. The maximum atomic E-state index is 13.1. The summed E-state index contributed by atoms with van der Waals surface area (Å²) in [6.07, 6.45) is -3.54. The van der Waals surface area contributed by atoms with E-state index < -0.39 is 11.7 Å². The van der Waals surface area contributed by atoms with Crippen molar-refractivity contribution >= 4 is 5.71 Å². The van der Waals surface area contributed by atoms with Crippen LogP contribution in [0.25, 0.3) is 0 Å². The molecule has 1 atom stereocenters. The molecule has 1 fully saturated rings. The van der Waals surface area contributed by atoms with E-state index in [4.69, 9.17) is 4.84 Å². The molecule has 1 saturated heterocycles. The number of alkyl halides is 3. The standard InChI is InChI=1S/C19H18F4N2O/c20-16-7-3-14(4-8-16)17-9-10-24-11-18(17)25-26-12-13-1-5-15(6-2-13)19(21,22)23/h1-8,17,24H,9-12H2/b25-18-. The Morgan fingerprint density at radius 1 is 1.04 bits per heavy atom. The first-order chi connectivity index (χ1) is 12.4. The first-order valence-corrected chi connectivity index (χ1v) is 8.24. The van der Waals surface area contributed by atoms with E-state index in [2.05, 4.69) is 10.5 Å². The van der Waals surface area contributed by atoms with Gasteiger partial charge in [0.1, 0.15) is 12.4 Å². The highest BCUT2D eigenvalue weighted by Gasteiger charge is 2.30. The van der Waals surface area contributed by atoms with Crippen molar-refractivity contribution < 1.29 is 22.4 Å². The van der Waals surface area contributed by atoms with Crippen LogP contribution in [0.2, 0.25) is 0 Å². The Morgan fingerprint density at radius 2 is 1.73 bits per heavy atom. The number of halogens is 4. The molecule has 1 unspecified atom stereocenters. The molecular weight excluding hydrogens is 348 g/mol. The van der Waals surface area contributed by atoms with Gasteiger partial charge in [0.2, 0.25) is 0 Å². The van der Waals surface area contributed by atoms with Gasteiger partial charge in [0.15, 0.2) is 0 Å². The van der Waals surface area contributed by atoms with Gasteiger partial charge < -0.3 is 10.2 Å². The lowest BCUT2D eigenvalue weighted by molar-refractivity contribution is -0.137. The lowest BCUT2D eigenvalue weighted by atomic mass is 9.88. The van der Waals surface area contributed by atoms with Crippen molar-refractivity contribution in [2.45, 2.75) is 25.1 Å². The van der Waals surface area contributed by atoms with Gasteiger partial charge in [-0.15, -0.1) is 0 Å². The second kappa shape index (κ2) is 7.86. The fourth-order valence-corrected chi connectivity index (χ4v) is 2.88. The average Bonchev–Trinajstić information content (AvgIpc) is 2.63. The van der Waals surface area contributed by atoms with Crippen molar-refractivity contribution in [1.82, 2.24) is 5.32 Å². The van der Waals surface area contributed by atoms with Crippen LogP contribution in [0, 0.1) is 5.82 Å². The SMILES string of the molecule is Fc1ccc(C2CCNC/C2=N/OCc2ccc(C(F)(F)F)cc2)cc1. The minimum absolute atomic E-state index is 0.0319. The Kier molecular flexibility index (Phi) is 5.56. The van der Waals surface area contributed by atoms with E-state index in [1.54, 1.807) is 12.1 Å². The largest absolute Gasteiger partial charge is 0.416 e. The van der Waals surface area contributed by atoms with Gasteiger partial charge in [-0.3, -0.25) is 0 Å². The zero-order valence-electron chi connectivity index (χ0n) is 13.9. The zero-order valence-corrected chi connectivity index (χ0v) is 13.9. The summed E-state index contributed by atoms with van der Waals surface area (Å²) in [7, 11) is 0. The Morgan fingerprint density at radius 3 is 2.38 bits per heavy atom. The topological polar surface area (TPSA) is 33.6 Å². The molecular formula is C19H18F4N2O. The number of rotatable bonds is 4. The van der Waals surface area contributed by atoms with Crippen molar-refractivity contribution in [1.29, 1.82) is 0 Å². The van der Waals surface area contributed by atoms with Crippen LogP contribution in [0.3, 0.4) is 0 Å². The summed E-state index contributed by atoms with van der Waals surface area (Å²) in [6.45, 7) is 1.45. The number of hydrogen-bond acceptors (Lipinski definition) is 3. The summed E-state index contributed by atoms with van der Waals surface area (Å²) in [5, 5.41) is 7.38. The summed E-state index contributed by atoms with van der Waals surface area (Å²) in [5.41, 5.74) is 1.66. The molecule has 0 aliphatic carbocycles. The molecule has 0 bridgehead atoms. The summed E-state index contributed by atoms with van der Waals surface area (Å²) in [4.78, 5) is 5.35. The normalized spacial score (nSPS) is 19.5. The third-order valence-corrected chi connectivity index (χ3v) is 4.28. The van der Waals surface area contributed by atoms with Crippen LogP contribution in [0.15, 0.2) is 53.7 Å². The van der Waals surface area contributed by atoms with Gasteiger partial charge in [-0.1, -0.05) is 29.4 Å². The molecule has 0 aromatic heterocycles. The second-order valence-electron chi connectivity index (χ2n) is 6.12. The summed E-state index contributed by atoms with van der Waals surface area (Å²) in [5.74, 6) is -0.260. The lowest BCUT2D eigenvalue weighted by Gasteiger charge is -2.24. The van der Waals surface area contributed by atoms with Gasteiger partial charge in [-0.25, -0.2) is 4.39 Å². The molecule has 2 aromatic carbocycles. The van der Waals surface area contributed by atoms with Gasteiger partial charge in [-0.2, -0.15) is 13.2 Å². The molecule has 1 aliphatic heterocycles. The molecule has 3 nitrogen and oxygen atoms in total. The fourth-order valence-electron chi connectivity index (χ4n) is 2.88. The molecule has 0 amide bonds. The van der Waals surface area contributed by atoms with Crippen molar-refractivity contribution in [3.8, 4) is 0 Å². The molecule has 1 N–H and O–H groups in total. The van der Waals surface area contributed by atoms with E-state index in [-0.39, 0.29) is 18.3 Å². The highest BCUT2D eigenvalue weighted by atomic mass is 19.4. The van der Waals surface area contributed by atoms with Crippen LogP contribution in [0.5, 0.6) is 0 Å². The molecule has 26 heavy (non-hydrogen) atoms. The van der Waals surface area contributed by atoms with E-state index in [0.717, 1.165) is 36.4 Å². The first kappa shape index (κ1) is 18.4. The first-order valence-electron chi connectivity index (χ1n) is 8.24. The quantitative estimate of drug-likeness (QED) is 0.639. The lowest BCUT2D eigenvalue weighted by Crippen LogP contribution is -2.36. The van der Waals surface area contributed by atoms with Gasteiger partial charge in [-0.05, 0) is 48.4 Å². The van der Waals surface area contributed by atoms with Crippen LogP contribution in [-0.2, 0) is 17.6 Å². The van der Waals surface area contributed by atoms with E-state index in [0.29, 0.717) is 12.1 Å². The predicted octanol–water partition coefficient (Wildman–Crippen LogP) is 4.49. The van der Waals surface area contributed by atoms with Crippen molar-refractivity contribution in [2.24, 2.45) is 5.16 Å².